The van der Waals surface area contributed by atoms with Crippen LogP contribution in [-0.2, 0) is 4.79 Å². The van der Waals surface area contributed by atoms with Crippen LogP contribution in [0.3, 0.4) is 0 Å². The molecule has 0 bridgehead atoms. The van der Waals surface area contributed by atoms with Gasteiger partial charge in [0.25, 0.3) is 0 Å². The Kier molecular flexibility index (Phi) is 4.46. The van der Waals surface area contributed by atoms with E-state index in [1.54, 1.807) is 24.3 Å². The molecule has 4 heteroatoms. The van der Waals surface area contributed by atoms with Crippen molar-refractivity contribution in [1.29, 1.82) is 0 Å². The quantitative estimate of drug-likeness (QED) is 0.612. The molecule has 17 heavy (non-hydrogen) atoms. The van der Waals surface area contributed by atoms with E-state index in [9.17, 15) is 9.59 Å². The fourth-order valence-electron chi connectivity index (χ4n) is 1.33. The molecule has 0 spiro atoms. The van der Waals surface area contributed by atoms with Crippen molar-refractivity contribution in [3.05, 3.63) is 35.4 Å². The molecule has 1 aromatic carbocycles. The van der Waals surface area contributed by atoms with Gasteiger partial charge in [-0.15, -0.1) is 0 Å². The van der Waals surface area contributed by atoms with Crippen molar-refractivity contribution in [1.82, 2.24) is 5.32 Å². The summed E-state index contributed by atoms with van der Waals surface area (Å²) in [5, 5.41) is 2.64. The molecule has 4 nitrogen and oxygen atoms in total. The van der Waals surface area contributed by atoms with Gasteiger partial charge in [0.2, 0.25) is 5.91 Å². The van der Waals surface area contributed by atoms with Crippen LogP contribution in [0.2, 0.25) is 0 Å². The monoisotopic (exact) mass is 232 g/mol. The predicted molar refractivity (Wildman–Crippen MR) is 68.6 cm³/mol. The van der Waals surface area contributed by atoms with E-state index in [1.807, 2.05) is 6.08 Å². The van der Waals surface area contributed by atoms with Crippen LogP contribution in [0.25, 0.3) is 6.08 Å². The van der Waals surface area contributed by atoms with Crippen molar-refractivity contribution in [2.24, 2.45) is 0 Å². The topological polar surface area (TPSA) is 72.2 Å². The zero-order valence-electron chi connectivity index (χ0n) is 9.99. The lowest BCUT2D eigenvalue weighted by molar-refractivity contribution is -0.118. The number of hydrogen-bond donors (Lipinski definition) is 2. The Morgan fingerprint density at radius 2 is 2.06 bits per heavy atom. The van der Waals surface area contributed by atoms with Gasteiger partial charge in [0.05, 0.1) is 0 Å². The molecule has 0 fully saturated rings. The predicted octanol–water partition coefficient (Wildman–Crippen LogP) is 1.62. The number of nitrogens with two attached hydrogens (primary N) is 1. The SMILES string of the molecule is CC(=O)NCC=Cc1ccc(C(C)=O)cc1N. The molecule has 0 aromatic heterocycles. The van der Waals surface area contributed by atoms with E-state index in [0.29, 0.717) is 17.8 Å². The first-order chi connectivity index (χ1) is 8.00. The minimum Gasteiger partial charge on any atom is -0.398 e. The maximum Gasteiger partial charge on any atom is 0.217 e. The highest BCUT2D eigenvalue weighted by molar-refractivity contribution is 5.95. The van der Waals surface area contributed by atoms with E-state index in [-0.39, 0.29) is 11.7 Å². The van der Waals surface area contributed by atoms with Crippen molar-refractivity contribution in [3.8, 4) is 0 Å². The summed E-state index contributed by atoms with van der Waals surface area (Å²) < 4.78 is 0. The number of carbonyl (C=O) groups excluding carboxylic acids is 2. The highest BCUT2D eigenvalue weighted by Crippen LogP contribution is 2.16. The van der Waals surface area contributed by atoms with Gasteiger partial charge in [0.1, 0.15) is 0 Å². The highest BCUT2D eigenvalue weighted by Gasteiger charge is 2.01. The smallest absolute Gasteiger partial charge is 0.217 e. The number of nitrogen functional groups attached to an aromatic ring is 1. The second kappa shape index (κ2) is 5.84. The van der Waals surface area contributed by atoms with Crippen molar-refractivity contribution in [2.45, 2.75) is 13.8 Å². The Balaban J connectivity index is 2.72. The third kappa shape index (κ3) is 4.10. The average Bonchev–Trinajstić information content (AvgIpc) is 2.25. The fourth-order valence-corrected chi connectivity index (χ4v) is 1.33. The normalized spacial score (nSPS) is 10.5. The van der Waals surface area contributed by atoms with E-state index >= 15 is 0 Å². The van der Waals surface area contributed by atoms with Gasteiger partial charge in [0.15, 0.2) is 5.78 Å². The highest BCUT2D eigenvalue weighted by atomic mass is 16.1. The van der Waals surface area contributed by atoms with Crippen molar-refractivity contribution in [3.63, 3.8) is 0 Å². The zero-order valence-corrected chi connectivity index (χ0v) is 9.99. The molecule has 0 aliphatic carbocycles. The molecule has 90 valence electrons. The first kappa shape index (κ1) is 13.0. The molecule has 0 saturated carbocycles. The zero-order chi connectivity index (χ0) is 12.8. The minimum absolute atomic E-state index is 0.00882. The number of hydrogen-bond acceptors (Lipinski definition) is 3. The lowest BCUT2D eigenvalue weighted by Crippen LogP contribution is -2.19. The van der Waals surface area contributed by atoms with Crippen molar-refractivity contribution >= 4 is 23.5 Å². The lowest BCUT2D eigenvalue weighted by atomic mass is 10.1. The molecule has 0 aliphatic rings. The number of nitrogens with one attached hydrogen (secondary N) is 1. The van der Waals surface area contributed by atoms with Crippen LogP contribution in [0.1, 0.15) is 29.8 Å². The molecule has 0 radical (unpaired) electrons. The summed E-state index contributed by atoms with van der Waals surface area (Å²) in [6.45, 7) is 3.42. The molecular formula is C13H16N2O2. The molecule has 0 unspecified atom stereocenters. The third-order valence-electron chi connectivity index (χ3n) is 2.26. The summed E-state index contributed by atoms with van der Waals surface area (Å²) in [4.78, 5) is 21.8. The van der Waals surface area contributed by atoms with E-state index in [0.717, 1.165) is 5.56 Å². The van der Waals surface area contributed by atoms with E-state index in [2.05, 4.69) is 5.32 Å². The van der Waals surface area contributed by atoms with Crippen molar-refractivity contribution < 1.29 is 9.59 Å². The number of amides is 1. The molecule has 0 aliphatic heterocycles. The Labute approximate surface area is 101 Å². The second-order valence-corrected chi connectivity index (χ2v) is 3.74. The van der Waals surface area contributed by atoms with Crippen molar-refractivity contribution in [2.75, 3.05) is 12.3 Å². The third-order valence-corrected chi connectivity index (χ3v) is 2.26. The summed E-state index contributed by atoms with van der Waals surface area (Å²) in [7, 11) is 0. The van der Waals surface area contributed by atoms with Gasteiger partial charge in [0, 0.05) is 24.7 Å². The van der Waals surface area contributed by atoms with Gasteiger partial charge in [-0.1, -0.05) is 24.3 Å². The van der Waals surface area contributed by atoms with Crippen LogP contribution < -0.4 is 11.1 Å². The fraction of sp³-hybridized carbons (Fsp3) is 0.231. The molecule has 0 atom stereocenters. The molecule has 0 saturated heterocycles. The van der Waals surface area contributed by atoms with Gasteiger partial charge in [-0.05, 0) is 18.6 Å². The maximum absolute atomic E-state index is 11.1. The summed E-state index contributed by atoms with van der Waals surface area (Å²) in [6, 6.07) is 5.17. The number of carbonyl (C=O) groups is 2. The average molecular weight is 232 g/mol. The first-order valence-electron chi connectivity index (χ1n) is 5.32. The maximum atomic E-state index is 11.1. The molecular weight excluding hydrogens is 216 g/mol. The standard InChI is InChI=1S/C13H16N2O2/c1-9(16)12-6-5-11(13(14)8-12)4-3-7-15-10(2)17/h3-6,8H,7,14H2,1-2H3,(H,15,17). The molecule has 1 rings (SSSR count). The van der Waals surface area contributed by atoms with E-state index in [4.69, 9.17) is 5.73 Å². The lowest BCUT2D eigenvalue weighted by Gasteiger charge is -2.03. The Morgan fingerprint density at radius 1 is 1.35 bits per heavy atom. The van der Waals surface area contributed by atoms with Gasteiger partial charge < -0.3 is 11.1 Å². The van der Waals surface area contributed by atoms with Gasteiger partial charge in [-0.25, -0.2) is 0 Å². The van der Waals surface area contributed by atoms with Gasteiger partial charge in [-0.2, -0.15) is 0 Å². The summed E-state index contributed by atoms with van der Waals surface area (Å²) in [5.74, 6) is -0.0833. The number of benzene rings is 1. The number of ketones is 1. The van der Waals surface area contributed by atoms with Crippen LogP contribution in [0, 0.1) is 0 Å². The van der Waals surface area contributed by atoms with Crippen LogP contribution in [0.4, 0.5) is 5.69 Å². The number of anilines is 1. The van der Waals surface area contributed by atoms with Gasteiger partial charge in [-0.3, -0.25) is 9.59 Å². The Hall–Kier alpha value is -2.10. The van der Waals surface area contributed by atoms with E-state index < -0.39 is 0 Å². The largest absolute Gasteiger partial charge is 0.398 e. The number of Topliss-reactive ketones (excluding diaryl/α,β-unsaturated/α-hetero) is 1. The summed E-state index contributed by atoms with van der Waals surface area (Å²) in [6.07, 6.45) is 3.62. The summed E-state index contributed by atoms with van der Waals surface area (Å²) in [5.41, 5.74) is 7.80. The Bertz CT molecular complexity index is 464. The van der Waals surface area contributed by atoms with Gasteiger partial charge >= 0.3 is 0 Å². The molecule has 1 aromatic rings. The molecule has 1 amide bonds. The summed E-state index contributed by atoms with van der Waals surface area (Å²) >= 11 is 0. The van der Waals surface area contributed by atoms with Crippen LogP contribution in [-0.4, -0.2) is 18.2 Å². The van der Waals surface area contributed by atoms with Crippen LogP contribution in [0.5, 0.6) is 0 Å². The molecule has 3 N–H and O–H groups in total. The van der Waals surface area contributed by atoms with E-state index in [1.165, 1.54) is 13.8 Å². The van der Waals surface area contributed by atoms with Crippen LogP contribution >= 0.6 is 0 Å². The second-order valence-electron chi connectivity index (χ2n) is 3.74. The Morgan fingerprint density at radius 3 is 2.59 bits per heavy atom. The van der Waals surface area contributed by atoms with Crippen LogP contribution in [0.15, 0.2) is 24.3 Å². The first-order valence-corrected chi connectivity index (χ1v) is 5.32. The molecule has 0 heterocycles. The number of rotatable bonds is 4. The minimum atomic E-state index is -0.0745.